The van der Waals surface area contributed by atoms with Gasteiger partial charge in [0.05, 0.1) is 10.4 Å². The Bertz CT molecular complexity index is 767. The zero-order valence-electron chi connectivity index (χ0n) is 12.5. The van der Waals surface area contributed by atoms with Gasteiger partial charge in [0.25, 0.3) is 0 Å². The third kappa shape index (κ3) is 2.99. The third-order valence-corrected chi connectivity index (χ3v) is 5.33. The van der Waals surface area contributed by atoms with Gasteiger partial charge < -0.3 is 10.6 Å². The number of hydrogen-bond donors (Lipinski definition) is 2. The molecule has 23 heavy (non-hydrogen) atoms. The second-order valence-electron chi connectivity index (χ2n) is 6.13. The molecule has 2 aliphatic rings. The summed E-state index contributed by atoms with van der Waals surface area (Å²) in [5.41, 5.74) is 3.63. The molecule has 1 saturated carbocycles. The van der Waals surface area contributed by atoms with Crippen LogP contribution in [0.4, 0.5) is 11.5 Å². The lowest BCUT2D eigenvalue weighted by Gasteiger charge is -2.25. The average molecular weight is 327 g/mol. The van der Waals surface area contributed by atoms with Gasteiger partial charge in [-0.1, -0.05) is 18.2 Å². The number of fused-ring (bicyclic) bond motifs is 1. The molecule has 2 amide bonds. The number of nitrogens with one attached hydrogen (secondary N) is 2. The van der Waals surface area contributed by atoms with Crippen molar-refractivity contribution in [2.45, 2.75) is 37.5 Å². The monoisotopic (exact) mass is 327 g/mol. The molecular formula is C17H17N3O2S. The van der Waals surface area contributed by atoms with Crippen molar-refractivity contribution in [3.05, 3.63) is 40.2 Å². The molecule has 6 heteroatoms. The fraction of sp³-hybridized carbons (Fsp3) is 0.353. The Morgan fingerprint density at radius 1 is 1.35 bits per heavy atom. The molecule has 118 valence electrons. The van der Waals surface area contributed by atoms with E-state index in [1.165, 1.54) is 17.7 Å². The van der Waals surface area contributed by atoms with Crippen LogP contribution in [0, 0.1) is 0 Å². The molecule has 2 aromatic rings. The topological polar surface area (TPSA) is 71.1 Å². The first kappa shape index (κ1) is 14.4. The summed E-state index contributed by atoms with van der Waals surface area (Å²) in [5.74, 6) is 1.08. The zero-order chi connectivity index (χ0) is 15.8. The van der Waals surface area contributed by atoms with Gasteiger partial charge in [0.15, 0.2) is 0 Å². The number of amides is 2. The number of aromatic nitrogens is 1. The van der Waals surface area contributed by atoms with Crippen molar-refractivity contribution < 1.29 is 9.59 Å². The maximum absolute atomic E-state index is 12.4. The van der Waals surface area contributed by atoms with Crippen LogP contribution >= 0.6 is 11.3 Å². The Balaban J connectivity index is 1.48. The van der Waals surface area contributed by atoms with Crippen molar-refractivity contribution in [3.8, 4) is 0 Å². The maximum Gasteiger partial charge on any atom is 0.226 e. The normalized spacial score (nSPS) is 19.8. The number of anilines is 2. The van der Waals surface area contributed by atoms with E-state index in [0.717, 1.165) is 11.3 Å². The number of rotatable bonds is 4. The van der Waals surface area contributed by atoms with Crippen molar-refractivity contribution >= 4 is 34.7 Å². The van der Waals surface area contributed by atoms with Crippen molar-refractivity contribution in [1.82, 2.24) is 4.98 Å². The van der Waals surface area contributed by atoms with Gasteiger partial charge in [-0.25, -0.2) is 4.98 Å². The van der Waals surface area contributed by atoms with Gasteiger partial charge in [-0.3, -0.25) is 9.59 Å². The molecule has 1 unspecified atom stereocenters. The molecule has 1 aliphatic heterocycles. The summed E-state index contributed by atoms with van der Waals surface area (Å²) in [6, 6.07) is 7.68. The molecule has 1 aromatic carbocycles. The van der Waals surface area contributed by atoms with E-state index in [1.807, 2.05) is 24.3 Å². The number of benzene rings is 1. The van der Waals surface area contributed by atoms with E-state index in [-0.39, 0.29) is 17.7 Å². The quantitative estimate of drug-likeness (QED) is 0.903. The number of hydrogen-bond acceptors (Lipinski definition) is 4. The van der Waals surface area contributed by atoms with Gasteiger partial charge in [-0.05, 0) is 30.4 Å². The molecular weight excluding hydrogens is 310 g/mol. The van der Waals surface area contributed by atoms with Crippen molar-refractivity contribution in [2.75, 3.05) is 10.6 Å². The van der Waals surface area contributed by atoms with E-state index in [4.69, 9.17) is 0 Å². The smallest absolute Gasteiger partial charge is 0.226 e. The van der Waals surface area contributed by atoms with Crippen molar-refractivity contribution in [3.63, 3.8) is 0 Å². The van der Waals surface area contributed by atoms with Crippen molar-refractivity contribution in [2.24, 2.45) is 0 Å². The van der Waals surface area contributed by atoms with Crippen LogP contribution in [-0.4, -0.2) is 16.8 Å². The molecule has 0 saturated heterocycles. The summed E-state index contributed by atoms with van der Waals surface area (Å²) in [4.78, 5) is 29.7. The lowest BCUT2D eigenvalue weighted by Crippen LogP contribution is -2.26. The molecule has 4 rings (SSSR count). The summed E-state index contributed by atoms with van der Waals surface area (Å²) in [5, 5.41) is 5.79. The van der Waals surface area contributed by atoms with E-state index >= 15 is 0 Å². The van der Waals surface area contributed by atoms with Gasteiger partial charge in [0.1, 0.15) is 5.82 Å². The SMILES string of the molecule is O=C1CC(CC(=O)Nc2ncsc2C2CC2)c2ccccc2N1. The number of carbonyl (C=O) groups is 2. The first-order valence-corrected chi connectivity index (χ1v) is 8.70. The van der Waals surface area contributed by atoms with Gasteiger partial charge in [-0.15, -0.1) is 11.3 Å². The van der Waals surface area contributed by atoms with Crippen LogP contribution in [0.3, 0.4) is 0 Å². The Kier molecular flexibility index (Phi) is 3.61. The summed E-state index contributed by atoms with van der Waals surface area (Å²) in [7, 11) is 0. The average Bonchev–Trinajstić information content (AvgIpc) is 3.27. The van der Waals surface area contributed by atoms with E-state index in [2.05, 4.69) is 15.6 Å². The van der Waals surface area contributed by atoms with Crippen LogP contribution in [0.5, 0.6) is 0 Å². The Morgan fingerprint density at radius 3 is 3.00 bits per heavy atom. The summed E-state index contributed by atoms with van der Waals surface area (Å²) >= 11 is 1.61. The molecule has 1 atom stereocenters. The Morgan fingerprint density at radius 2 is 2.17 bits per heavy atom. The van der Waals surface area contributed by atoms with E-state index < -0.39 is 0 Å². The highest BCUT2D eigenvalue weighted by Crippen LogP contribution is 2.45. The fourth-order valence-electron chi connectivity index (χ4n) is 3.08. The summed E-state index contributed by atoms with van der Waals surface area (Å²) < 4.78 is 0. The predicted octanol–water partition coefficient (Wildman–Crippen LogP) is 3.48. The summed E-state index contributed by atoms with van der Waals surface area (Å²) in [6.45, 7) is 0. The van der Waals surface area contributed by atoms with Gasteiger partial charge >= 0.3 is 0 Å². The van der Waals surface area contributed by atoms with Crippen LogP contribution < -0.4 is 10.6 Å². The first-order valence-electron chi connectivity index (χ1n) is 7.82. The first-order chi connectivity index (χ1) is 11.2. The largest absolute Gasteiger partial charge is 0.326 e. The molecule has 0 spiro atoms. The minimum atomic E-state index is -0.0806. The lowest BCUT2D eigenvalue weighted by atomic mass is 9.88. The predicted molar refractivity (Wildman–Crippen MR) is 89.8 cm³/mol. The van der Waals surface area contributed by atoms with E-state index in [1.54, 1.807) is 16.8 Å². The summed E-state index contributed by atoms with van der Waals surface area (Å²) in [6.07, 6.45) is 3.01. The highest BCUT2D eigenvalue weighted by Gasteiger charge is 2.30. The Labute approximate surface area is 138 Å². The molecule has 5 nitrogen and oxygen atoms in total. The number of carbonyl (C=O) groups excluding carboxylic acids is 2. The number of nitrogens with zero attached hydrogens (tertiary/aromatic N) is 1. The highest BCUT2D eigenvalue weighted by molar-refractivity contribution is 7.10. The van der Waals surface area contributed by atoms with Gasteiger partial charge in [0.2, 0.25) is 11.8 Å². The van der Waals surface area contributed by atoms with Crippen LogP contribution in [0.15, 0.2) is 29.8 Å². The van der Waals surface area contributed by atoms with Gasteiger partial charge in [0, 0.05) is 24.4 Å². The van der Waals surface area contributed by atoms with Crippen molar-refractivity contribution in [1.29, 1.82) is 0 Å². The second-order valence-corrected chi connectivity index (χ2v) is 7.01. The van der Waals surface area contributed by atoms with Crippen LogP contribution in [-0.2, 0) is 9.59 Å². The molecule has 2 N–H and O–H groups in total. The minimum Gasteiger partial charge on any atom is -0.326 e. The van der Waals surface area contributed by atoms with Crippen LogP contribution in [0.2, 0.25) is 0 Å². The fourth-order valence-corrected chi connectivity index (χ4v) is 3.99. The number of thiazole rings is 1. The maximum atomic E-state index is 12.4. The van der Waals surface area contributed by atoms with E-state index in [0.29, 0.717) is 24.6 Å². The van der Waals surface area contributed by atoms with E-state index in [9.17, 15) is 9.59 Å². The standard InChI is InChI=1S/C17H17N3O2S/c21-14-7-11(12-3-1-2-4-13(12)19-14)8-15(22)20-17-16(10-5-6-10)23-9-18-17/h1-4,9-11H,5-8H2,(H,19,21)(H,20,22). The zero-order valence-corrected chi connectivity index (χ0v) is 13.4. The third-order valence-electron chi connectivity index (χ3n) is 4.34. The lowest BCUT2D eigenvalue weighted by molar-refractivity contribution is -0.118. The molecule has 0 bridgehead atoms. The molecule has 2 heterocycles. The minimum absolute atomic E-state index is 0.0335. The highest BCUT2D eigenvalue weighted by atomic mass is 32.1. The van der Waals surface area contributed by atoms with Gasteiger partial charge in [-0.2, -0.15) is 0 Å². The molecule has 1 fully saturated rings. The molecule has 1 aromatic heterocycles. The van der Waals surface area contributed by atoms with Crippen LogP contribution in [0.25, 0.3) is 0 Å². The number of para-hydroxylation sites is 1. The second kappa shape index (κ2) is 5.77. The Hall–Kier alpha value is -2.21. The van der Waals surface area contributed by atoms with Crippen LogP contribution in [0.1, 0.15) is 48.0 Å². The molecule has 1 aliphatic carbocycles. The molecule has 0 radical (unpaired) electrons.